The molecule has 0 spiro atoms. The third-order valence-electron chi connectivity index (χ3n) is 1.66. The molecule has 0 aliphatic heterocycles. The van der Waals surface area contributed by atoms with Crippen LogP contribution in [0.1, 0.15) is 11.3 Å². The molecular weight excluding hydrogens is 141 g/mol. The largest absolute Gasteiger partial charge is 0.490 e. The van der Waals surface area contributed by atoms with E-state index in [4.69, 9.17) is 10.0 Å². The van der Waals surface area contributed by atoms with Crippen molar-refractivity contribution in [3.8, 4) is 0 Å². The van der Waals surface area contributed by atoms with Gasteiger partial charge in [-0.2, -0.15) is 0 Å². The molecule has 0 aliphatic carbocycles. The standard InChI is InChI=1S/C7H10BNO2/c1-5-3-7(8(10)11)4-9-6(5)2/h3-4,10-11H,1-2H3. The summed E-state index contributed by atoms with van der Waals surface area (Å²) in [7, 11) is -1.41. The van der Waals surface area contributed by atoms with Gasteiger partial charge in [-0.25, -0.2) is 0 Å². The minimum absolute atomic E-state index is 0.438. The van der Waals surface area contributed by atoms with E-state index in [2.05, 4.69) is 4.98 Å². The normalized spacial score (nSPS) is 9.82. The molecule has 0 radical (unpaired) electrons. The number of aryl methyl sites for hydroxylation is 2. The molecule has 0 bridgehead atoms. The van der Waals surface area contributed by atoms with Crippen LogP contribution in [-0.4, -0.2) is 22.2 Å². The third-order valence-corrected chi connectivity index (χ3v) is 1.66. The van der Waals surface area contributed by atoms with Crippen molar-refractivity contribution in [2.24, 2.45) is 0 Å². The number of pyridine rings is 1. The first-order chi connectivity index (χ1) is 5.11. The van der Waals surface area contributed by atoms with Gasteiger partial charge in [0.25, 0.3) is 0 Å². The van der Waals surface area contributed by atoms with Gasteiger partial charge in [0.15, 0.2) is 0 Å². The maximum atomic E-state index is 8.75. The van der Waals surface area contributed by atoms with Gasteiger partial charge in [-0.3, -0.25) is 4.98 Å². The predicted molar refractivity (Wildman–Crippen MR) is 43.5 cm³/mol. The van der Waals surface area contributed by atoms with Crippen molar-refractivity contribution in [2.75, 3.05) is 0 Å². The molecular formula is C7H10BNO2. The third kappa shape index (κ3) is 1.79. The zero-order valence-electron chi connectivity index (χ0n) is 6.57. The molecule has 1 aromatic heterocycles. The summed E-state index contributed by atoms with van der Waals surface area (Å²) in [6.45, 7) is 3.76. The highest BCUT2D eigenvalue weighted by Crippen LogP contribution is 1.98. The van der Waals surface area contributed by atoms with Crippen LogP contribution in [0, 0.1) is 13.8 Å². The number of aromatic nitrogens is 1. The van der Waals surface area contributed by atoms with Crippen molar-refractivity contribution < 1.29 is 10.0 Å². The first-order valence-electron chi connectivity index (χ1n) is 3.40. The van der Waals surface area contributed by atoms with Gasteiger partial charge in [-0.05, 0) is 19.4 Å². The van der Waals surface area contributed by atoms with E-state index >= 15 is 0 Å². The zero-order chi connectivity index (χ0) is 8.43. The molecule has 4 heteroatoms. The fraction of sp³-hybridized carbons (Fsp3) is 0.286. The lowest BCUT2D eigenvalue weighted by atomic mass is 9.81. The molecule has 1 rings (SSSR count). The Balaban J connectivity index is 3.05. The van der Waals surface area contributed by atoms with Gasteiger partial charge < -0.3 is 10.0 Å². The maximum Gasteiger partial charge on any atom is 0.490 e. The van der Waals surface area contributed by atoms with Gasteiger partial charge in [0.1, 0.15) is 0 Å². The van der Waals surface area contributed by atoms with Gasteiger partial charge in [0.2, 0.25) is 0 Å². The van der Waals surface area contributed by atoms with Crippen LogP contribution in [0.25, 0.3) is 0 Å². The smallest absolute Gasteiger partial charge is 0.423 e. The quantitative estimate of drug-likeness (QED) is 0.525. The first-order valence-corrected chi connectivity index (χ1v) is 3.40. The van der Waals surface area contributed by atoms with Gasteiger partial charge in [0, 0.05) is 17.4 Å². The Morgan fingerprint density at radius 2 is 2.00 bits per heavy atom. The van der Waals surface area contributed by atoms with E-state index in [-0.39, 0.29) is 0 Å². The lowest BCUT2D eigenvalue weighted by Gasteiger charge is -2.01. The molecule has 0 saturated carbocycles. The van der Waals surface area contributed by atoms with Gasteiger partial charge in [-0.15, -0.1) is 0 Å². The second-order valence-electron chi connectivity index (χ2n) is 2.54. The molecule has 3 nitrogen and oxygen atoms in total. The Bertz CT molecular complexity index is 263. The minimum Gasteiger partial charge on any atom is -0.423 e. The second-order valence-corrected chi connectivity index (χ2v) is 2.54. The van der Waals surface area contributed by atoms with Crippen LogP contribution in [0.2, 0.25) is 0 Å². The fourth-order valence-corrected chi connectivity index (χ4v) is 0.806. The highest BCUT2D eigenvalue weighted by Gasteiger charge is 2.11. The van der Waals surface area contributed by atoms with Crippen molar-refractivity contribution >= 4 is 12.6 Å². The maximum absolute atomic E-state index is 8.75. The lowest BCUT2D eigenvalue weighted by molar-refractivity contribution is 0.425. The Morgan fingerprint density at radius 3 is 2.45 bits per heavy atom. The van der Waals surface area contributed by atoms with E-state index in [0.717, 1.165) is 11.3 Å². The van der Waals surface area contributed by atoms with Crippen molar-refractivity contribution in [3.63, 3.8) is 0 Å². The van der Waals surface area contributed by atoms with Crippen LogP contribution in [0.5, 0.6) is 0 Å². The second kappa shape index (κ2) is 3.03. The summed E-state index contributed by atoms with van der Waals surface area (Å²) in [4.78, 5) is 3.98. The van der Waals surface area contributed by atoms with Crippen molar-refractivity contribution in [1.29, 1.82) is 0 Å². The Hall–Kier alpha value is -0.865. The summed E-state index contributed by atoms with van der Waals surface area (Å²) in [6, 6.07) is 1.72. The molecule has 0 aliphatic rings. The van der Waals surface area contributed by atoms with Crippen LogP contribution in [0.3, 0.4) is 0 Å². The van der Waals surface area contributed by atoms with Crippen LogP contribution in [0.4, 0.5) is 0 Å². The number of rotatable bonds is 1. The monoisotopic (exact) mass is 151 g/mol. The molecule has 0 aromatic carbocycles. The van der Waals surface area contributed by atoms with Crippen LogP contribution < -0.4 is 5.46 Å². The highest BCUT2D eigenvalue weighted by atomic mass is 16.4. The number of hydrogen-bond acceptors (Lipinski definition) is 3. The molecule has 11 heavy (non-hydrogen) atoms. The summed E-state index contributed by atoms with van der Waals surface area (Å²) in [5.74, 6) is 0. The Labute approximate surface area is 65.9 Å². The average Bonchev–Trinajstić information content (AvgIpc) is 1.94. The SMILES string of the molecule is Cc1cc(B(O)O)cnc1C. The molecule has 1 heterocycles. The molecule has 0 amide bonds. The molecule has 0 atom stereocenters. The van der Waals surface area contributed by atoms with E-state index in [9.17, 15) is 0 Å². The lowest BCUT2D eigenvalue weighted by Crippen LogP contribution is -2.30. The van der Waals surface area contributed by atoms with Gasteiger partial charge in [-0.1, -0.05) is 6.07 Å². The minimum atomic E-state index is -1.41. The van der Waals surface area contributed by atoms with E-state index in [1.165, 1.54) is 6.20 Å². The molecule has 0 fully saturated rings. The van der Waals surface area contributed by atoms with Crippen LogP contribution in [-0.2, 0) is 0 Å². The summed E-state index contributed by atoms with van der Waals surface area (Å²) >= 11 is 0. The first kappa shape index (κ1) is 8.23. The van der Waals surface area contributed by atoms with Crippen LogP contribution >= 0.6 is 0 Å². The molecule has 0 saturated heterocycles. The van der Waals surface area contributed by atoms with Crippen molar-refractivity contribution in [1.82, 2.24) is 4.98 Å². The van der Waals surface area contributed by atoms with Gasteiger partial charge >= 0.3 is 7.12 Å². The predicted octanol–water partition coefficient (Wildman–Crippen LogP) is -0.622. The van der Waals surface area contributed by atoms with Crippen molar-refractivity contribution in [3.05, 3.63) is 23.5 Å². The topological polar surface area (TPSA) is 53.4 Å². The molecule has 2 N–H and O–H groups in total. The van der Waals surface area contributed by atoms with Crippen LogP contribution in [0.15, 0.2) is 12.3 Å². The Morgan fingerprint density at radius 1 is 1.36 bits per heavy atom. The number of nitrogens with zero attached hydrogens (tertiary/aromatic N) is 1. The zero-order valence-corrected chi connectivity index (χ0v) is 6.57. The molecule has 0 unspecified atom stereocenters. The van der Waals surface area contributed by atoms with E-state index in [1.807, 2.05) is 13.8 Å². The molecule has 58 valence electrons. The summed E-state index contributed by atoms with van der Waals surface area (Å²) in [5, 5.41) is 17.5. The highest BCUT2D eigenvalue weighted by molar-refractivity contribution is 6.58. The number of hydrogen-bond donors (Lipinski definition) is 2. The fourth-order valence-electron chi connectivity index (χ4n) is 0.806. The summed E-state index contributed by atoms with van der Waals surface area (Å²) in [6.07, 6.45) is 1.47. The molecule has 1 aromatic rings. The van der Waals surface area contributed by atoms with E-state index < -0.39 is 7.12 Å². The van der Waals surface area contributed by atoms with Gasteiger partial charge in [0.05, 0.1) is 0 Å². The van der Waals surface area contributed by atoms with E-state index in [1.54, 1.807) is 6.07 Å². The van der Waals surface area contributed by atoms with E-state index in [0.29, 0.717) is 5.46 Å². The average molecular weight is 151 g/mol. The van der Waals surface area contributed by atoms with Crippen molar-refractivity contribution in [2.45, 2.75) is 13.8 Å². The summed E-state index contributed by atoms with van der Waals surface area (Å²) in [5.41, 5.74) is 2.32. The Kier molecular flexibility index (Phi) is 2.26. The summed E-state index contributed by atoms with van der Waals surface area (Å²) < 4.78 is 0.